The first-order chi connectivity index (χ1) is 25.5. The fraction of sp³-hybridized carbons (Fsp3) is 0.520. The summed E-state index contributed by atoms with van der Waals surface area (Å²) in [7, 11) is 0. The van der Waals surface area contributed by atoms with Gasteiger partial charge in [-0.1, -0.05) is 164 Å². The van der Waals surface area contributed by atoms with E-state index in [0.717, 1.165) is 37.1 Å². The molecule has 0 aliphatic rings. The van der Waals surface area contributed by atoms with E-state index in [1.165, 1.54) is 173 Å². The lowest BCUT2D eigenvalue weighted by atomic mass is 9.94. The van der Waals surface area contributed by atoms with Crippen LogP contribution in [0.1, 0.15) is 174 Å². The maximum absolute atomic E-state index is 6.13. The predicted octanol–water partition coefficient (Wildman–Crippen LogP) is 14.0. The lowest BCUT2D eigenvalue weighted by Gasteiger charge is -2.12. The molecule has 0 aliphatic heterocycles. The molecule has 0 bridgehead atoms. The van der Waals surface area contributed by atoms with Crippen LogP contribution < -0.4 is 11.5 Å². The van der Waals surface area contributed by atoms with Crippen molar-refractivity contribution in [2.24, 2.45) is 0 Å². The number of benzene rings is 4. The van der Waals surface area contributed by atoms with Crippen LogP contribution in [-0.2, 0) is 38.5 Å². The van der Waals surface area contributed by atoms with Crippen LogP contribution in [0.3, 0.4) is 0 Å². The Morgan fingerprint density at radius 1 is 0.308 bits per heavy atom. The molecule has 2 heteroatoms. The highest BCUT2D eigenvalue weighted by Gasteiger charge is 2.07. The molecule has 0 radical (unpaired) electrons. The molecule has 4 aromatic carbocycles. The topological polar surface area (TPSA) is 52.0 Å². The standard InChI is InChI=1S/C50H72N2/c1-3-5-7-19-23-45-39-49(51)35-33-47(45)37-43-29-25-41(26-30-43)21-17-15-13-11-9-10-12-14-16-18-22-42-27-31-44(32-28-42)38-48-34-36-50(52)40-46(48)24-20-8-6-4-2/h25-36,39-40H,3-24,37-38,51-52H2,1-2H3. The zero-order valence-electron chi connectivity index (χ0n) is 33.2. The SMILES string of the molecule is CCCCCCc1cc(N)ccc1Cc1ccc(CCCCCCCCCCCCc2ccc(Cc3ccc(N)cc3CCCCCC)cc2)cc1. The molecule has 0 heterocycles. The summed E-state index contributed by atoms with van der Waals surface area (Å²) in [5.74, 6) is 0. The van der Waals surface area contributed by atoms with E-state index < -0.39 is 0 Å². The van der Waals surface area contributed by atoms with Crippen LogP contribution in [0.2, 0.25) is 0 Å². The largest absolute Gasteiger partial charge is 0.399 e. The molecule has 2 nitrogen and oxygen atoms in total. The minimum absolute atomic E-state index is 0.890. The van der Waals surface area contributed by atoms with Crippen LogP contribution in [0.4, 0.5) is 11.4 Å². The van der Waals surface area contributed by atoms with Gasteiger partial charge in [-0.25, -0.2) is 0 Å². The average Bonchev–Trinajstić information content (AvgIpc) is 3.15. The number of hydrogen-bond acceptors (Lipinski definition) is 2. The number of hydrogen-bond donors (Lipinski definition) is 2. The quantitative estimate of drug-likeness (QED) is 0.0480. The number of anilines is 2. The molecule has 0 saturated carbocycles. The van der Waals surface area contributed by atoms with E-state index in [9.17, 15) is 0 Å². The van der Waals surface area contributed by atoms with E-state index in [1.807, 2.05) is 0 Å². The second-order valence-corrected chi connectivity index (χ2v) is 15.7. The van der Waals surface area contributed by atoms with Gasteiger partial charge in [0.1, 0.15) is 0 Å². The highest BCUT2D eigenvalue weighted by molar-refractivity contribution is 5.47. The Morgan fingerprint density at radius 3 is 0.981 bits per heavy atom. The monoisotopic (exact) mass is 701 g/mol. The molecule has 4 aromatic rings. The van der Waals surface area contributed by atoms with Crippen molar-refractivity contribution in [1.82, 2.24) is 0 Å². The van der Waals surface area contributed by atoms with E-state index in [-0.39, 0.29) is 0 Å². The third-order valence-electron chi connectivity index (χ3n) is 11.1. The van der Waals surface area contributed by atoms with E-state index in [0.29, 0.717) is 0 Å². The average molecular weight is 701 g/mol. The van der Waals surface area contributed by atoms with Crippen LogP contribution >= 0.6 is 0 Å². The molecular weight excluding hydrogens is 629 g/mol. The third-order valence-corrected chi connectivity index (χ3v) is 11.1. The van der Waals surface area contributed by atoms with Crippen LogP contribution in [0.25, 0.3) is 0 Å². The maximum Gasteiger partial charge on any atom is 0.0316 e. The number of nitrogens with two attached hydrogens (primary N) is 2. The fourth-order valence-corrected chi connectivity index (χ4v) is 7.75. The van der Waals surface area contributed by atoms with Crippen LogP contribution in [-0.4, -0.2) is 0 Å². The fourth-order valence-electron chi connectivity index (χ4n) is 7.75. The molecule has 0 aliphatic carbocycles. The predicted molar refractivity (Wildman–Crippen MR) is 229 cm³/mol. The Balaban J connectivity index is 1.01. The first-order valence-electron chi connectivity index (χ1n) is 21.4. The van der Waals surface area contributed by atoms with Gasteiger partial charge in [0.15, 0.2) is 0 Å². The Morgan fingerprint density at radius 2 is 0.615 bits per heavy atom. The second-order valence-electron chi connectivity index (χ2n) is 15.7. The first-order valence-corrected chi connectivity index (χ1v) is 21.4. The van der Waals surface area contributed by atoms with Crippen molar-refractivity contribution < 1.29 is 0 Å². The normalized spacial score (nSPS) is 11.3. The summed E-state index contributed by atoms with van der Waals surface area (Å²) >= 11 is 0. The van der Waals surface area contributed by atoms with Crippen molar-refractivity contribution in [2.45, 2.75) is 168 Å². The highest BCUT2D eigenvalue weighted by Crippen LogP contribution is 2.23. The zero-order valence-corrected chi connectivity index (χ0v) is 33.2. The summed E-state index contributed by atoms with van der Waals surface area (Å²) in [6.45, 7) is 4.55. The van der Waals surface area contributed by atoms with Gasteiger partial charge in [0.05, 0.1) is 0 Å². The number of aryl methyl sites for hydroxylation is 4. The zero-order chi connectivity index (χ0) is 36.6. The Bertz CT molecular complexity index is 1400. The van der Waals surface area contributed by atoms with Gasteiger partial charge < -0.3 is 11.5 Å². The van der Waals surface area contributed by atoms with Crippen molar-refractivity contribution in [3.63, 3.8) is 0 Å². The van der Waals surface area contributed by atoms with Crippen molar-refractivity contribution in [2.75, 3.05) is 11.5 Å². The summed E-state index contributed by atoms with van der Waals surface area (Å²) in [6.07, 6.45) is 30.7. The van der Waals surface area contributed by atoms with Crippen molar-refractivity contribution in [3.8, 4) is 0 Å². The Labute approximate surface area is 319 Å². The Kier molecular flexibility index (Phi) is 19.6. The van der Waals surface area contributed by atoms with E-state index in [4.69, 9.17) is 11.5 Å². The molecule has 52 heavy (non-hydrogen) atoms. The summed E-state index contributed by atoms with van der Waals surface area (Å²) < 4.78 is 0. The summed E-state index contributed by atoms with van der Waals surface area (Å²) in [5, 5.41) is 0. The Hall–Kier alpha value is -3.52. The molecule has 0 amide bonds. The smallest absolute Gasteiger partial charge is 0.0316 e. The van der Waals surface area contributed by atoms with Crippen molar-refractivity contribution in [3.05, 3.63) is 129 Å². The molecule has 4 N–H and O–H groups in total. The van der Waals surface area contributed by atoms with Gasteiger partial charge in [0, 0.05) is 11.4 Å². The number of rotatable bonds is 27. The third kappa shape index (κ3) is 16.0. The molecule has 0 atom stereocenters. The van der Waals surface area contributed by atoms with Crippen LogP contribution in [0, 0.1) is 0 Å². The van der Waals surface area contributed by atoms with Gasteiger partial charge in [0.2, 0.25) is 0 Å². The molecule has 0 spiro atoms. The van der Waals surface area contributed by atoms with Crippen molar-refractivity contribution >= 4 is 11.4 Å². The van der Waals surface area contributed by atoms with Gasteiger partial charge in [-0.05, 0) is 133 Å². The highest BCUT2D eigenvalue weighted by atomic mass is 14.5. The lowest BCUT2D eigenvalue weighted by molar-refractivity contribution is 0.551. The van der Waals surface area contributed by atoms with Crippen LogP contribution in [0.5, 0.6) is 0 Å². The van der Waals surface area contributed by atoms with Gasteiger partial charge in [-0.3, -0.25) is 0 Å². The molecule has 0 saturated heterocycles. The second kappa shape index (κ2) is 24.7. The van der Waals surface area contributed by atoms with E-state index in [1.54, 1.807) is 0 Å². The number of unbranched alkanes of at least 4 members (excludes halogenated alkanes) is 15. The van der Waals surface area contributed by atoms with E-state index >= 15 is 0 Å². The minimum Gasteiger partial charge on any atom is -0.399 e. The minimum atomic E-state index is 0.890. The van der Waals surface area contributed by atoms with Gasteiger partial charge in [0.25, 0.3) is 0 Å². The number of nitrogen functional groups attached to an aromatic ring is 2. The molecular formula is C50H72N2. The molecule has 4 rings (SSSR count). The summed E-state index contributed by atoms with van der Waals surface area (Å²) in [4.78, 5) is 0. The molecule has 0 aromatic heterocycles. The molecule has 0 unspecified atom stereocenters. The lowest BCUT2D eigenvalue weighted by Crippen LogP contribution is -1.99. The van der Waals surface area contributed by atoms with E-state index in [2.05, 4.69) is 98.8 Å². The maximum atomic E-state index is 6.13. The first kappa shape index (κ1) is 41.2. The van der Waals surface area contributed by atoms with Gasteiger partial charge in [-0.15, -0.1) is 0 Å². The molecule has 282 valence electrons. The summed E-state index contributed by atoms with van der Waals surface area (Å²) in [5.41, 5.74) is 25.6. The van der Waals surface area contributed by atoms with Crippen molar-refractivity contribution in [1.29, 1.82) is 0 Å². The van der Waals surface area contributed by atoms with Gasteiger partial charge >= 0.3 is 0 Å². The summed E-state index contributed by atoms with van der Waals surface area (Å²) in [6, 6.07) is 31.8. The van der Waals surface area contributed by atoms with Crippen LogP contribution in [0.15, 0.2) is 84.9 Å². The molecule has 0 fully saturated rings. The van der Waals surface area contributed by atoms with Gasteiger partial charge in [-0.2, -0.15) is 0 Å².